The summed E-state index contributed by atoms with van der Waals surface area (Å²) in [5.41, 5.74) is -4.22. The summed E-state index contributed by atoms with van der Waals surface area (Å²) in [7, 11) is 0. The molecule has 13 heteroatoms. The maximum absolute atomic E-state index is 16.3. The molecule has 5 aliphatic heterocycles. The normalized spacial score (nSPS) is 29.1. The lowest BCUT2D eigenvalue weighted by Gasteiger charge is -2.46. The van der Waals surface area contributed by atoms with Gasteiger partial charge in [0, 0.05) is 49.9 Å². The predicted octanol–water partition coefficient (Wildman–Crippen LogP) is 4.45. The van der Waals surface area contributed by atoms with Gasteiger partial charge in [0.15, 0.2) is 5.82 Å². The Balaban J connectivity index is 1.39. The van der Waals surface area contributed by atoms with E-state index >= 15 is 4.39 Å². The van der Waals surface area contributed by atoms with Crippen LogP contribution in [0.2, 0.25) is 0 Å². The van der Waals surface area contributed by atoms with Crippen LogP contribution in [0, 0.1) is 5.82 Å². The number of aromatic nitrogens is 3. The molecule has 5 fully saturated rings. The van der Waals surface area contributed by atoms with E-state index in [0.717, 1.165) is 25.0 Å². The molecule has 7 heterocycles. The second kappa shape index (κ2) is 9.62. The lowest BCUT2D eigenvalue weighted by molar-refractivity contribution is -0.137. The van der Waals surface area contributed by atoms with Crippen molar-refractivity contribution < 1.29 is 34.5 Å². The number of aromatic hydroxyl groups is 1. The first-order valence-corrected chi connectivity index (χ1v) is 13.7. The molecule has 0 spiro atoms. The number of benzene rings is 1. The van der Waals surface area contributed by atoms with Gasteiger partial charge in [0.25, 0.3) is 0 Å². The zero-order chi connectivity index (χ0) is 30.3. The topological polar surface area (TPSA) is 86.6 Å². The highest BCUT2D eigenvalue weighted by molar-refractivity contribution is 5.92. The summed E-state index contributed by atoms with van der Waals surface area (Å²) < 4.78 is 96.1. The lowest BCUT2D eigenvalue weighted by Crippen LogP contribution is -2.61. The molecule has 2 N–H and O–H groups in total. The van der Waals surface area contributed by atoms with Crippen molar-refractivity contribution in [3.8, 4) is 23.0 Å². The zero-order valence-corrected chi connectivity index (χ0v) is 21.9. The number of fused-ring (bicyclic) bond motifs is 5. The molecule has 3 aromatic rings. The Bertz CT molecular complexity index is 1590. The van der Waals surface area contributed by atoms with Crippen molar-refractivity contribution in [2.75, 3.05) is 37.6 Å². The fourth-order valence-corrected chi connectivity index (χ4v) is 6.82. The monoisotopic (exact) mass is 578 g/mol. The third kappa shape index (κ3) is 4.53. The van der Waals surface area contributed by atoms with Gasteiger partial charge in [-0.3, -0.25) is 9.88 Å². The number of alkyl halides is 4. The first kappa shape index (κ1) is 24.3. The van der Waals surface area contributed by atoms with Crippen LogP contribution < -0.4 is 15.0 Å². The average molecular weight is 579 g/mol. The summed E-state index contributed by atoms with van der Waals surface area (Å²) in [5, 5.41) is 13.5. The Labute approximate surface area is 235 Å². The van der Waals surface area contributed by atoms with E-state index in [9.17, 15) is 22.7 Å². The summed E-state index contributed by atoms with van der Waals surface area (Å²) in [6.07, 6.45) is -2.24. The van der Waals surface area contributed by atoms with E-state index in [1.54, 1.807) is 4.90 Å². The van der Waals surface area contributed by atoms with Crippen molar-refractivity contribution in [1.29, 1.82) is 0 Å². The highest BCUT2D eigenvalue weighted by Gasteiger charge is 2.49. The van der Waals surface area contributed by atoms with Crippen LogP contribution in [-0.2, 0) is 6.18 Å². The molecule has 0 radical (unpaired) electrons. The summed E-state index contributed by atoms with van der Waals surface area (Å²) in [6, 6.07) is 1.90. The van der Waals surface area contributed by atoms with Gasteiger partial charge < -0.3 is 20.1 Å². The number of hydrogen-bond acceptors (Lipinski definition) is 8. The Morgan fingerprint density at radius 1 is 1.22 bits per heavy atom. The number of nitrogens with one attached hydrogen (secondary N) is 1. The third-order valence-electron chi connectivity index (χ3n) is 8.76. The van der Waals surface area contributed by atoms with Crippen molar-refractivity contribution in [2.45, 2.75) is 62.1 Å². The molecule has 5 aliphatic rings. The van der Waals surface area contributed by atoms with Crippen LogP contribution in [-0.4, -0.2) is 81.5 Å². The Hall–Kier alpha value is -3.32. The van der Waals surface area contributed by atoms with Gasteiger partial charge in [-0.15, -0.1) is 0 Å². The number of piperidine rings is 2. The van der Waals surface area contributed by atoms with E-state index < -0.39 is 64.4 Å². The molecule has 1 aromatic carbocycles. The molecule has 0 amide bonds. The van der Waals surface area contributed by atoms with Gasteiger partial charge in [-0.1, -0.05) is 0 Å². The first-order valence-electron chi connectivity index (χ1n) is 14.7. The number of piperazine rings is 1. The van der Waals surface area contributed by atoms with Gasteiger partial charge in [0.05, 0.1) is 19.2 Å². The molecule has 8 nitrogen and oxygen atoms in total. The van der Waals surface area contributed by atoms with Gasteiger partial charge >= 0.3 is 12.2 Å². The molecule has 218 valence electrons. The molecule has 2 bridgehead atoms. The zero-order valence-electron chi connectivity index (χ0n) is 23.9. The summed E-state index contributed by atoms with van der Waals surface area (Å²) in [4.78, 5) is 16.5. The molecule has 2 unspecified atom stereocenters. The SMILES string of the molecule is [2H]C([2H])(Oc1nc(N2CC3CCC2CN3)c2cnc(-c3cc(O)ccc3C(F)(F)F)c(F)c2n1)[C@@]12CCCN1C[C@H](F)C2. The second-order valence-corrected chi connectivity index (χ2v) is 11.3. The molecule has 41 heavy (non-hydrogen) atoms. The van der Waals surface area contributed by atoms with E-state index in [0.29, 0.717) is 38.5 Å². The minimum Gasteiger partial charge on any atom is -0.508 e. The van der Waals surface area contributed by atoms with Gasteiger partial charge in [-0.2, -0.15) is 23.1 Å². The lowest BCUT2D eigenvalue weighted by atomic mass is 9.93. The number of halogens is 5. The largest absolute Gasteiger partial charge is 0.508 e. The fourth-order valence-electron chi connectivity index (χ4n) is 6.82. The van der Waals surface area contributed by atoms with Gasteiger partial charge in [-0.05, 0) is 50.4 Å². The summed E-state index contributed by atoms with van der Waals surface area (Å²) in [5.74, 6) is -1.48. The number of hydrogen-bond donors (Lipinski definition) is 2. The van der Waals surface area contributed by atoms with E-state index in [1.165, 1.54) is 6.20 Å². The maximum Gasteiger partial charge on any atom is 0.417 e. The molecule has 2 aromatic heterocycles. The molecule has 5 saturated heterocycles. The predicted molar refractivity (Wildman–Crippen MR) is 140 cm³/mol. The van der Waals surface area contributed by atoms with Crippen molar-refractivity contribution in [3.05, 3.63) is 35.8 Å². The van der Waals surface area contributed by atoms with E-state index in [-0.39, 0.29) is 36.3 Å². The van der Waals surface area contributed by atoms with Crippen LogP contribution in [0.1, 0.15) is 40.4 Å². The maximum atomic E-state index is 16.3. The first-order chi connectivity index (χ1) is 20.4. The van der Waals surface area contributed by atoms with E-state index in [1.807, 2.05) is 4.90 Å². The van der Waals surface area contributed by atoms with Crippen LogP contribution >= 0.6 is 0 Å². The number of phenolic OH excluding ortho intramolecular Hbond substituents is 1. The number of phenols is 1. The smallest absolute Gasteiger partial charge is 0.417 e. The quantitative estimate of drug-likeness (QED) is 0.430. The molecular weight excluding hydrogens is 547 g/mol. The number of ether oxygens (including phenoxy) is 1. The van der Waals surface area contributed by atoms with Gasteiger partial charge in [0.1, 0.15) is 35.5 Å². The molecule has 0 saturated carbocycles. The average Bonchev–Trinajstić information content (AvgIpc) is 3.51. The number of rotatable bonds is 5. The van der Waals surface area contributed by atoms with Crippen molar-refractivity contribution in [3.63, 3.8) is 0 Å². The van der Waals surface area contributed by atoms with Gasteiger partial charge in [0.2, 0.25) is 0 Å². The third-order valence-corrected chi connectivity index (χ3v) is 8.76. The molecule has 4 atom stereocenters. The summed E-state index contributed by atoms with van der Waals surface area (Å²) in [6.45, 7) is -0.732. The van der Waals surface area contributed by atoms with Crippen LogP contribution in [0.3, 0.4) is 0 Å². The Morgan fingerprint density at radius 3 is 2.80 bits per heavy atom. The number of nitrogens with zero attached hydrogens (tertiary/aromatic N) is 5. The highest BCUT2D eigenvalue weighted by atomic mass is 19.4. The van der Waals surface area contributed by atoms with Crippen LogP contribution in [0.4, 0.5) is 27.8 Å². The van der Waals surface area contributed by atoms with Crippen molar-refractivity contribution in [2.24, 2.45) is 0 Å². The highest BCUT2D eigenvalue weighted by Crippen LogP contribution is 2.43. The molecular formula is C28H29F5N6O2. The van der Waals surface area contributed by atoms with E-state index in [2.05, 4.69) is 20.3 Å². The van der Waals surface area contributed by atoms with Crippen LogP contribution in [0.5, 0.6) is 11.8 Å². The minimum atomic E-state index is -4.87. The minimum absolute atomic E-state index is 0.0237. The summed E-state index contributed by atoms with van der Waals surface area (Å²) >= 11 is 0. The van der Waals surface area contributed by atoms with Crippen LogP contribution in [0.15, 0.2) is 24.4 Å². The number of pyridine rings is 1. The molecule has 8 rings (SSSR count). The number of anilines is 1. The van der Waals surface area contributed by atoms with E-state index in [4.69, 9.17) is 7.48 Å². The standard InChI is InChI=1S/C28H29F5N6O2/c29-15-9-27(6-1-7-38(27)12-15)14-41-26-36-24-20(25(37-26)39-13-16-2-3-17(39)10-34-16)11-35-23(22(24)30)19-8-18(40)4-5-21(19)28(31,32)33/h4-5,8,11,15-17,34,40H,1-3,6-7,9-10,12-14H2/t15-,16?,17?,27+/m1/s1/i14D2. The van der Waals surface area contributed by atoms with Crippen molar-refractivity contribution in [1.82, 2.24) is 25.2 Å². The van der Waals surface area contributed by atoms with Crippen molar-refractivity contribution >= 4 is 16.7 Å². The second-order valence-electron chi connectivity index (χ2n) is 11.3. The van der Waals surface area contributed by atoms with Crippen LogP contribution in [0.25, 0.3) is 22.2 Å². The molecule has 0 aliphatic carbocycles. The fraction of sp³-hybridized carbons (Fsp3) is 0.536. The van der Waals surface area contributed by atoms with Gasteiger partial charge in [-0.25, -0.2) is 8.78 Å². The Morgan fingerprint density at radius 2 is 2.07 bits per heavy atom. The Kier molecular flexibility index (Phi) is 5.70.